The predicted molar refractivity (Wildman–Crippen MR) is 151 cm³/mol. The summed E-state index contributed by atoms with van der Waals surface area (Å²) in [6.45, 7) is 3.98. The number of carbonyl (C=O) groups is 1. The van der Waals surface area contributed by atoms with Gasteiger partial charge in [-0.2, -0.15) is 0 Å². The molecule has 0 N–H and O–H groups in total. The average Bonchev–Trinajstić information content (AvgIpc) is 3.26. The van der Waals surface area contributed by atoms with Crippen LogP contribution in [0.3, 0.4) is 0 Å². The molecule has 0 fully saturated rings. The highest BCUT2D eigenvalue weighted by Crippen LogP contribution is 2.31. The van der Waals surface area contributed by atoms with Gasteiger partial charge in [0.05, 0.1) is 35.6 Å². The number of benzene rings is 3. The van der Waals surface area contributed by atoms with E-state index in [1.807, 2.05) is 36.4 Å². The summed E-state index contributed by atoms with van der Waals surface area (Å²) in [7, 11) is 1.58. The van der Waals surface area contributed by atoms with Crippen LogP contribution in [0.1, 0.15) is 36.6 Å². The highest BCUT2D eigenvalue weighted by Gasteiger charge is 2.33. The molecule has 5 rings (SSSR count). The van der Waals surface area contributed by atoms with Crippen molar-refractivity contribution in [1.82, 2.24) is 4.57 Å². The van der Waals surface area contributed by atoms with Gasteiger partial charge in [-0.15, -0.1) is 0 Å². The summed E-state index contributed by atoms with van der Waals surface area (Å²) in [6, 6.07) is 20.0. The zero-order valence-electron chi connectivity index (χ0n) is 22.2. The fraction of sp³-hybridized carbons (Fsp3) is 0.194. The van der Waals surface area contributed by atoms with E-state index in [4.69, 9.17) is 14.2 Å². The number of hydrogen-bond donors (Lipinski definition) is 0. The zero-order chi connectivity index (χ0) is 28.2. The quantitative estimate of drug-likeness (QED) is 0.297. The second-order valence-corrected chi connectivity index (χ2v) is 10.1. The van der Waals surface area contributed by atoms with Gasteiger partial charge in [0, 0.05) is 0 Å². The number of halogens is 1. The first-order valence-corrected chi connectivity index (χ1v) is 13.5. The Bertz CT molecular complexity index is 1760. The first kappa shape index (κ1) is 27.1. The SMILES string of the molecule is CCOC(=O)C1=C(C)N=c2s/c(=C\c3cccc(OCc4ccc(F)cc4)c3)c(=O)n2[C@H]1c1ccc(OC)cc1. The first-order valence-electron chi connectivity index (χ1n) is 12.7. The van der Waals surface area contributed by atoms with Gasteiger partial charge in [-0.05, 0) is 73.0 Å². The molecule has 1 atom stereocenters. The molecule has 40 heavy (non-hydrogen) atoms. The van der Waals surface area contributed by atoms with Crippen molar-refractivity contribution in [2.75, 3.05) is 13.7 Å². The van der Waals surface area contributed by atoms with Crippen LogP contribution in [0.25, 0.3) is 6.08 Å². The number of ether oxygens (including phenoxy) is 3. The van der Waals surface area contributed by atoms with E-state index in [0.29, 0.717) is 32.1 Å². The largest absolute Gasteiger partial charge is 0.497 e. The highest BCUT2D eigenvalue weighted by molar-refractivity contribution is 7.07. The lowest BCUT2D eigenvalue weighted by atomic mass is 9.96. The maximum Gasteiger partial charge on any atom is 0.338 e. The Morgan fingerprint density at radius 2 is 1.82 bits per heavy atom. The van der Waals surface area contributed by atoms with Gasteiger partial charge in [0.1, 0.15) is 23.9 Å². The molecule has 204 valence electrons. The second-order valence-electron chi connectivity index (χ2n) is 9.06. The minimum Gasteiger partial charge on any atom is -0.497 e. The maximum atomic E-state index is 13.8. The number of allylic oxidation sites excluding steroid dienone is 1. The van der Waals surface area contributed by atoms with Gasteiger partial charge in [0.2, 0.25) is 0 Å². The van der Waals surface area contributed by atoms with Crippen molar-refractivity contribution in [3.8, 4) is 11.5 Å². The Morgan fingerprint density at radius 3 is 2.52 bits per heavy atom. The third-order valence-electron chi connectivity index (χ3n) is 6.42. The minimum absolute atomic E-state index is 0.203. The number of esters is 1. The van der Waals surface area contributed by atoms with Crippen molar-refractivity contribution >= 4 is 23.4 Å². The molecule has 4 aromatic rings. The number of methoxy groups -OCH3 is 1. The van der Waals surface area contributed by atoms with Gasteiger partial charge in [-0.1, -0.05) is 47.7 Å². The van der Waals surface area contributed by atoms with Crippen LogP contribution < -0.4 is 24.4 Å². The van der Waals surface area contributed by atoms with Crippen molar-refractivity contribution < 1.29 is 23.4 Å². The number of aromatic nitrogens is 1. The normalized spacial score (nSPS) is 14.9. The number of thiazole rings is 1. The summed E-state index contributed by atoms with van der Waals surface area (Å²) in [6.07, 6.45) is 1.78. The van der Waals surface area contributed by atoms with E-state index < -0.39 is 12.0 Å². The molecule has 0 saturated heterocycles. The van der Waals surface area contributed by atoms with Crippen LogP contribution >= 0.6 is 11.3 Å². The molecule has 1 aromatic heterocycles. The maximum absolute atomic E-state index is 13.8. The molecule has 7 nitrogen and oxygen atoms in total. The third-order valence-corrected chi connectivity index (χ3v) is 7.41. The van der Waals surface area contributed by atoms with E-state index in [2.05, 4.69) is 4.99 Å². The van der Waals surface area contributed by atoms with E-state index in [-0.39, 0.29) is 24.6 Å². The van der Waals surface area contributed by atoms with Gasteiger partial charge in [-0.25, -0.2) is 14.2 Å². The van der Waals surface area contributed by atoms with Gasteiger partial charge in [0.15, 0.2) is 4.80 Å². The monoisotopic (exact) mass is 558 g/mol. The molecule has 0 saturated carbocycles. The van der Waals surface area contributed by atoms with Crippen LogP contribution in [0.4, 0.5) is 4.39 Å². The lowest BCUT2D eigenvalue weighted by Gasteiger charge is -2.24. The Balaban J connectivity index is 1.53. The van der Waals surface area contributed by atoms with Gasteiger partial charge >= 0.3 is 5.97 Å². The number of nitrogens with zero attached hydrogens (tertiary/aromatic N) is 2. The van der Waals surface area contributed by atoms with E-state index in [9.17, 15) is 14.0 Å². The van der Waals surface area contributed by atoms with Crippen LogP contribution in [0, 0.1) is 5.82 Å². The predicted octanol–water partition coefficient (Wildman–Crippen LogP) is 4.53. The standard InChI is InChI=1S/C31H27FN2O5S/c1-4-38-30(36)27-19(2)33-31-34(28(27)22-10-14-24(37-3)15-11-22)29(35)26(40-31)17-21-6-5-7-25(16-21)39-18-20-8-12-23(32)13-9-20/h5-17,28H,4,18H2,1-3H3/b26-17-/t28-/m0/s1. The van der Waals surface area contributed by atoms with Crippen LogP contribution in [0.2, 0.25) is 0 Å². The van der Waals surface area contributed by atoms with E-state index in [1.54, 1.807) is 55.9 Å². The minimum atomic E-state index is -0.700. The molecule has 1 aliphatic rings. The van der Waals surface area contributed by atoms with E-state index in [1.165, 1.54) is 23.5 Å². The molecule has 0 amide bonds. The van der Waals surface area contributed by atoms with Crippen LogP contribution in [0.15, 0.2) is 93.9 Å². The molecule has 1 aliphatic heterocycles. The van der Waals surface area contributed by atoms with Gasteiger partial charge in [0.25, 0.3) is 5.56 Å². The molecule has 0 radical (unpaired) electrons. The summed E-state index contributed by atoms with van der Waals surface area (Å²) in [4.78, 5) is 31.9. The zero-order valence-corrected chi connectivity index (χ0v) is 23.0. The summed E-state index contributed by atoms with van der Waals surface area (Å²) >= 11 is 1.25. The smallest absolute Gasteiger partial charge is 0.338 e. The fourth-order valence-electron chi connectivity index (χ4n) is 4.49. The third kappa shape index (κ3) is 5.60. The number of carbonyl (C=O) groups excluding carboxylic acids is 1. The lowest BCUT2D eigenvalue weighted by molar-refractivity contribution is -0.139. The highest BCUT2D eigenvalue weighted by atomic mass is 32.1. The molecular weight excluding hydrogens is 531 g/mol. The van der Waals surface area contributed by atoms with Crippen molar-refractivity contribution in [3.63, 3.8) is 0 Å². The average molecular weight is 559 g/mol. The number of rotatable bonds is 8. The molecule has 0 spiro atoms. The molecule has 9 heteroatoms. The van der Waals surface area contributed by atoms with Gasteiger partial charge < -0.3 is 14.2 Å². The second kappa shape index (κ2) is 11.7. The Hall–Kier alpha value is -4.50. The van der Waals surface area contributed by atoms with E-state index in [0.717, 1.165) is 16.7 Å². The Morgan fingerprint density at radius 1 is 1.07 bits per heavy atom. The van der Waals surface area contributed by atoms with Gasteiger partial charge in [-0.3, -0.25) is 9.36 Å². The first-order chi connectivity index (χ1) is 19.4. The van der Waals surface area contributed by atoms with Crippen molar-refractivity contribution in [2.45, 2.75) is 26.5 Å². The number of hydrogen-bond acceptors (Lipinski definition) is 7. The summed E-state index contributed by atoms with van der Waals surface area (Å²) < 4.78 is 31.7. The fourth-order valence-corrected chi connectivity index (χ4v) is 5.53. The molecule has 0 aliphatic carbocycles. The topological polar surface area (TPSA) is 79.1 Å². The van der Waals surface area contributed by atoms with Crippen molar-refractivity contribution in [1.29, 1.82) is 0 Å². The summed E-state index contributed by atoms with van der Waals surface area (Å²) in [5, 5.41) is 0. The Labute approximate surface area is 234 Å². The van der Waals surface area contributed by atoms with Crippen molar-refractivity contribution in [2.24, 2.45) is 4.99 Å². The molecule has 0 unspecified atom stereocenters. The van der Waals surface area contributed by atoms with Crippen molar-refractivity contribution in [3.05, 3.63) is 126 Å². The van der Waals surface area contributed by atoms with Crippen LogP contribution in [0.5, 0.6) is 11.5 Å². The molecule has 2 heterocycles. The number of fused-ring (bicyclic) bond motifs is 1. The van der Waals surface area contributed by atoms with E-state index >= 15 is 0 Å². The van der Waals surface area contributed by atoms with Crippen LogP contribution in [-0.2, 0) is 16.1 Å². The Kier molecular flexibility index (Phi) is 7.93. The molecule has 0 bridgehead atoms. The summed E-state index contributed by atoms with van der Waals surface area (Å²) in [5.74, 6) is 0.467. The summed E-state index contributed by atoms with van der Waals surface area (Å²) in [5.41, 5.74) is 2.90. The molecular formula is C31H27FN2O5S. The lowest BCUT2D eigenvalue weighted by Crippen LogP contribution is -2.39. The molecule has 3 aromatic carbocycles. The van der Waals surface area contributed by atoms with Crippen LogP contribution in [-0.4, -0.2) is 24.3 Å².